The van der Waals surface area contributed by atoms with Crippen LogP contribution in [0.4, 0.5) is 4.39 Å². The average molecular weight is 250 g/mol. The number of nitrogens with one attached hydrogen (secondary N) is 1. The first-order chi connectivity index (χ1) is 8.29. The summed E-state index contributed by atoms with van der Waals surface area (Å²) in [5, 5.41) is 2.03. The Balaban J connectivity index is 2.03. The molecule has 0 bridgehead atoms. The summed E-state index contributed by atoms with van der Waals surface area (Å²) in [4.78, 5) is 1.25. The topological polar surface area (TPSA) is 38.0 Å². The Hall–Kier alpha value is -1.23. The van der Waals surface area contributed by atoms with Gasteiger partial charge in [0.2, 0.25) is 0 Å². The largest absolute Gasteiger partial charge is 0.271 e. The average Bonchev–Trinajstić information content (AvgIpc) is 2.84. The van der Waals surface area contributed by atoms with Crippen LogP contribution in [0.1, 0.15) is 10.4 Å². The van der Waals surface area contributed by atoms with Crippen molar-refractivity contribution < 1.29 is 4.39 Å². The highest BCUT2D eigenvalue weighted by Crippen LogP contribution is 2.15. The van der Waals surface area contributed by atoms with Crippen LogP contribution in [0.5, 0.6) is 0 Å². The van der Waals surface area contributed by atoms with E-state index >= 15 is 0 Å². The molecule has 0 spiro atoms. The van der Waals surface area contributed by atoms with Gasteiger partial charge in [-0.1, -0.05) is 24.3 Å². The standard InChI is InChI=1S/C13H15FN2S/c14-13-6-2-1-4-10(13)8-11(16-15)9-12-5-3-7-17-12/h1-7,11,16H,8-9,15H2. The predicted molar refractivity (Wildman–Crippen MR) is 69.2 cm³/mol. The normalized spacial score (nSPS) is 12.6. The third-order valence-corrected chi connectivity index (χ3v) is 3.59. The summed E-state index contributed by atoms with van der Waals surface area (Å²) in [5.41, 5.74) is 3.46. The van der Waals surface area contributed by atoms with Gasteiger partial charge >= 0.3 is 0 Å². The summed E-state index contributed by atoms with van der Waals surface area (Å²) >= 11 is 1.69. The van der Waals surface area contributed by atoms with Crippen LogP contribution in [0, 0.1) is 5.82 Å². The molecule has 0 saturated carbocycles. The highest BCUT2D eigenvalue weighted by molar-refractivity contribution is 7.09. The van der Waals surface area contributed by atoms with Crippen molar-refractivity contribution in [2.45, 2.75) is 18.9 Å². The van der Waals surface area contributed by atoms with E-state index in [9.17, 15) is 4.39 Å². The van der Waals surface area contributed by atoms with E-state index in [0.29, 0.717) is 12.0 Å². The Morgan fingerprint density at radius 3 is 2.65 bits per heavy atom. The molecule has 0 aliphatic carbocycles. The number of benzene rings is 1. The number of hydrazine groups is 1. The number of rotatable bonds is 5. The van der Waals surface area contributed by atoms with Gasteiger partial charge in [-0.2, -0.15) is 0 Å². The van der Waals surface area contributed by atoms with Gasteiger partial charge in [-0.3, -0.25) is 11.3 Å². The molecule has 1 aromatic carbocycles. The van der Waals surface area contributed by atoms with Gasteiger partial charge in [0.25, 0.3) is 0 Å². The summed E-state index contributed by atoms with van der Waals surface area (Å²) in [6, 6.07) is 11.0. The summed E-state index contributed by atoms with van der Waals surface area (Å²) < 4.78 is 13.5. The van der Waals surface area contributed by atoms with Crippen LogP contribution in [-0.2, 0) is 12.8 Å². The van der Waals surface area contributed by atoms with Crippen LogP contribution in [0.15, 0.2) is 41.8 Å². The van der Waals surface area contributed by atoms with E-state index < -0.39 is 0 Å². The molecule has 2 nitrogen and oxygen atoms in total. The molecular weight excluding hydrogens is 235 g/mol. The number of hydrogen-bond donors (Lipinski definition) is 2. The summed E-state index contributed by atoms with van der Waals surface area (Å²) in [6.07, 6.45) is 1.42. The first-order valence-corrected chi connectivity index (χ1v) is 6.39. The molecule has 3 N–H and O–H groups in total. The van der Waals surface area contributed by atoms with Crippen LogP contribution < -0.4 is 11.3 Å². The van der Waals surface area contributed by atoms with Crippen LogP contribution in [-0.4, -0.2) is 6.04 Å². The van der Waals surface area contributed by atoms with Crippen LogP contribution in [0.3, 0.4) is 0 Å². The predicted octanol–water partition coefficient (Wildman–Crippen LogP) is 2.50. The van der Waals surface area contributed by atoms with Gasteiger partial charge in [0.05, 0.1) is 0 Å². The van der Waals surface area contributed by atoms with Gasteiger partial charge < -0.3 is 0 Å². The minimum atomic E-state index is -0.168. The minimum Gasteiger partial charge on any atom is -0.271 e. The second-order valence-electron chi connectivity index (χ2n) is 3.94. The quantitative estimate of drug-likeness (QED) is 0.632. The molecule has 0 amide bonds. The molecule has 2 rings (SSSR count). The minimum absolute atomic E-state index is 0.0607. The van der Waals surface area contributed by atoms with Crippen molar-refractivity contribution in [2.75, 3.05) is 0 Å². The fourth-order valence-corrected chi connectivity index (χ4v) is 2.58. The molecule has 90 valence electrons. The lowest BCUT2D eigenvalue weighted by Gasteiger charge is -2.15. The van der Waals surface area contributed by atoms with Crippen molar-refractivity contribution in [3.05, 3.63) is 58.0 Å². The maximum absolute atomic E-state index is 13.5. The van der Waals surface area contributed by atoms with E-state index in [1.807, 2.05) is 17.5 Å². The van der Waals surface area contributed by atoms with Crippen molar-refractivity contribution >= 4 is 11.3 Å². The van der Waals surface area contributed by atoms with E-state index in [-0.39, 0.29) is 11.9 Å². The molecule has 17 heavy (non-hydrogen) atoms. The zero-order valence-electron chi connectivity index (χ0n) is 9.40. The zero-order chi connectivity index (χ0) is 12.1. The first kappa shape index (κ1) is 12.2. The lowest BCUT2D eigenvalue weighted by atomic mass is 10.0. The molecule has 1 aromatic heterocycles. The fraction of sp³-hybridized carbons (Fsp3) is 0.231. The Morgan fingerprint density at radius 2 is 2.00 bits per heavy atom. The van der Waals surface area contributed by atoms with Gasteiger partial charge in [-0.15, -0.1) is 11.3 Å². The van der Waals surface area contributed by atoms with Crippen LogP contribution >= 0.6 is 11.3 Å². The molecule has 2 aromatic rings. The monoisotopic (exact) mass is 250 g/mol. The van der Waals surface area contributed by atoms with Crippen molar-refractivity contribution in [1.82, 2.24) is 5.43 Å². The lowest BCUT2D eigenvalue weighted by Crippen LogP contribution is -2.38. The smallest absolute Gasteiger partial charge is 0.126 e. The molecule has 4 heteroatoms. The van der Waals surface area contributed by atoms with E-state index in [1.165, 1.54) is 10.9 Å². The fourth-order valence-electron chi connectivity index (χ4n) is 1.79. The molecule has 0 aliphatic heterocycles. The maximum atomic E-state index is 13.5. The summed E-state index contributed by atoms with van der Waals surface area (Å²) in [7, 11) is 0. The van der Waals surface area contributed by atoms with Gasteiger partial charge in [0.1, 0.15) is 5.82 Å². The van der Waals surface area contributed by atoms with Gasteiger partial charge in [0, 0.05) is 10.9 Å². The van der Waals surface area contributed by atoms with Crippen LogP contribution in [0.2, 0.25) is 0 Å². The van der Waals surface area contributed by atoms with E-state index in [0.717, 1.165) is 6.42 Å². The SMILES string of the molecule is NNC(Cc1cccs1)Cc1ccccc1F. The Morgan fingerprint density at radius 1 is 1.18 bits per heavy atom. The molecule has 0 saturated heterocycles. The van der Waals surface area contributed by atoms with Gasteiger partial charge in [-0.25, -0.2) is 4.39 Å². The highest BCUT2D eigenvalue weighted by Gasteiger charge is 2.11. The first-order valence-electron chi connectivity index (χ1n) is 5.51. The Kier molecular flexibility index (Phi) is 4.25. The molecule has 0 aliphatic rings. The number of hydrogen-bond acceptors (Lipinski definition) is 3. The molecular formula is C13H15FN2S. The molecule has 0 fully saturated rings. The molecule has 1 atom stereocenters. The van der Waals surface area contributed by atoms with E-state index in [4.69, 9.17) is 5.84 Å². The number of halogens is 1. The third-order valence-electron chi connectivity index (χ3n) is 2.69. The van der Waals surface area contributed by atoms with E-state index in [1.54, 1.807) is 23.5 Å². The Bertz CT molecular complexity index is 456. The highest BCUT2D eigenvalue weighted by atomic mass is 32.1. The van der Waals surface area contributed by atoms with Gasteiger partial charge in [0.15, 0.2) is 0 Å². The van der Waals surface area contributed by atoms with Crippen molar-refractivity contribution in [2.24, 2.45) is 5.84 Å². The summed E-state index contributed by atoms with van der Waals surface area (Å²) in [6.45, 7) is 0. The maximum Gasteiger partial charge on any atom is 0.126 e. The lowest BCUT2D eigenvalue weighted by molar-refractivity contribution is 0.509. The summed E-state index contributed by atoms with van der Waals surface area (Å²) in [5.74, 6) is 5.35. The van der Waals surface area contributed by atoms with E-state index in [2.05, 4.69) is 11.5 Å². The number of thiophene rings is 1. The second kappa shape index (κ2) is 5.91. The third kappa shape index (κ3) is 3.36. The molecule has 1 unspecified atom stereocenters. The Labute approximate surface area is 104 Å². The van der Waals surface area contributed by atoms with Crippen LogP contribution in [0.25, 0.3) is 0 Å². The van der Waals surface area contributed by atoms with Crippen molar-refractivity contribution in [3.8, 4) is 0 Å². The second-order valence-corrected chi connectivity index (χ2v) is 4.97. The molecule has 1 heterocycles. The number of nitrogens with two attached hydrogens (primary N) is 1. The van der Waals surface area contributed by atoms with Crippen molar-refractivity contribution in [1.29, 1.82) is 0 Å². The zero-order valence-corrected chi connectivity index (χ0v) is 10.2. The molecule has 0 radical (unpaired) electrons. The van der Waals surface area contributed by atoms with Gasteiger partial charge in [-0.05, 0) is 35.9 Å². The van der Waals surface area contributed by atoms with Crippen molar-refractivity contribution in [3.63, 3.8) is 0 Å².